The molecule has 0 spiro atoms. The summed E-state index contributed by atoms with van der Waals surface area (Å²) in [5.41, 5.74) is 3.50. The molecule has 2 nitrogen and oxygen atoms in total. The van der Waals surface area contributed by atoms with Gasteiger partial charge in [-0.1, -0.05) is 72.5 Å². The lowest BCUT2D eigenvalue weighted by Crippen LogP contribution is -2.02. The molecule has 0 aliphatic carbocycles. The van der Waals surface area contributed by atoms with Crippen LogP contribution < -0.4 is 5.63 Å². The summed E-state index contributed by atoms with van der Waals surface area (Å²) in [6.07, 6.45) is 0. The quantitative estimate of drug-likeness (QED) is 0.205. The molecule has 0 atom stereocenters. The fraction of sp³-hybridized carbons (Fsp3) is 0. The molecule has 0 fully saturated rings. The Balaban J connectivity index is 1.57. The van der Waals surface area contributed by atoms with Crippen LogP contribution in [0.5, 0.6) is 0 Å². The third-order valence-electron chi connectivity index (χ3n) is 4.96. The summed E-state index contributed by atoms with van der Waals surface area (Å²) in [5.74, 6) is 6.30. The Morgan fingerprint density at radius 3 is 2.10 bits per heavy atom. The van der Waals surface area contributed by atoms with Gasteiger partial charge in [-0.2, -0.15) is 0 Å². The fourth-order valence-corrected chi connectivity index (χ4v) is 3.47. The van der Waals surface area contributed by atoms with Gasteiger partial charge in [0.15, 0.2) is 0 Å². The Morgan fingerprint density at radius 2 is 1.31 bits per heavy atom. The number of benzene rings is 4. The maximum atomic E-state index is 12.6. The molecule has 5 rings (SSSR count). The molecule has 29 heavy (non-hydrogen) atoms. The fourth-order valence-electron chi connectivity index (χ4n) is 3.47. The van der Waals surface area contributed by atoms with E-state index >= 15 is 0 Å². The number of rotatable bonds is 1. The molecule has 0 aliphatic rings. The van der Waals surface area contributed by atoms with Crippen molar-refractivity contribution in [1.29, 1.82) is 0 Å². The van der Waals surface area contributed by atoms with E-state index in [0.29, 0.717) is 11.1 Å². The van der Waals surface area contributed by atoms with Crippen LogP contribution in [-0.2, 0) is 0 Å². The van der Waals surface area contributed by atoms with Crippen LogP contribution in [-0.4, -0.2) is 0 Å². The summed E-state index contributed by atoms with van der Waals surface area (Å²) in [7, 11) is 0. The summed E-state index contributed by atoms with van der Waals surface area (Å²) >= 11 is 0. The average Bonchev–Trinajstić information content (AvgIpc) is 2.78. The van der Waals surface area contributed by atoms with Crippen molar-refractivity contribution in [1.82, 2.24) is 0 Å². The van der Waals surface area contributed by atoms with Gasteiger partial charge in [0.05, 0.1) is 5.56 Å². The monoisotopic (exact) mass is 372 g/mol. The highest BCUT2D eigenvalue weighted by atomic mass is 16.4. The Morgan fingerprint density at radius 1 is 0.621 bits per heavy atom. The predicted octanol–water partition coefficient (Wildman–Crippen LogP) is 6.01. The second kappa shape index (κ2) is 7.14. The van der Waals surface area contributed by atoms with Crippen molar-refractivity contribution in [2.45, 2.75) is 0 Å². The van der Waals surface area contributed by atoms with Gasteiger partial charge in [0.1, 0.15) is 5.58 Å². The first-order valence-corrected chi connectivity index (χ1v) is 9.41. The molecule has 0 radical (unpaired) electrons. The molecule has 136 valence electrons. The van der Waals surface area contributed by atoms with Crippen molar-refractivity contribution in [3.8, 4) is 23.0 Å². The standard InChI is InChI=1S/C27H16O2/c28-27-24(18-25-23-9-5-4-8-21(23)16-17-26(25)29-27)22-14-12-20(13-15-22)11-10-19-6-2-1-3-7-19/h1-9,12-18H. The Hall–Kier alpha value is -4.09. The second-order valence-corrected chi connectivity index (χ2v) is 6.84. The lowest BCUT2D eigenvalue weighted by atomic mass is 10.0. The van der Waals surface area contributed by atoms with E-state index in [9.17, 15) is 4.79 Å². The molecular weight excluding hydrogens is 356 g/mol. The van der Waals surface area contributed by atoms with Crippen molar-refractivity contribution < 1.29 is 4.42 Å². The van der Waals surface area contributed by atoms with Gasteiger partial charge in [0.25, 0.3) is 0 Å². The van der Waals surface area contributed by atoms with Crippen molar-refractivity contribution in [3.63, 3.8) is 0 Å². The summed E-state index contributed by atoms with van der Waals surface area (Å²) < 4.78 is 5.61. The van der Waals surface area contributed by atoms with Crippen LogP contribution in [0.15, 0.2) is 106 Å². The first-order valence-electron chi connectivity index (χ1n) is 9.41. The van der Waals surface area contributed by atoms with E-state index in [2.05, 4.69) is 17.9 Å². The lowest BCUT2D eigenvalue weighted by Gasteiger charge is -2.06. The van der Waals surface area contributed by atoms with E-state index in [0.717, 1.165) is 32.8 Å². The lowest BCUT2D eigenvalue weighted by molar-refractivity contribution is 0.564. The van der Waals surface area contributed by atoms with E-state index < -0.39 is 0 Å². The summed E-state index contributed by atoms with van der Waals surface area (Å²) in [6.45, 7) is 0. The number of hydrogen-bond donors (Lipinski definition) is 0. The van der Waals surface area contributed by atoms with Gasteiger partial charge in [-0.3, -0.25) is 0 Å². The molecular formula is C27H16O2. The van der Waals surface area contributed by atoms with Gasteiger partial charge in [-0.05, 0) is 52.7 Å². The molecule has 1 aromatic heterocycles. The van der Waals surface area contributed by atoms with Crippen LogP contribution in [0.3, 0.4) is 0 Å². The zero-order valence-electron chi connectivity index (χ0n) is 15.6. The van der Waals surface area contributed by atoms with E-state index in [-0.39, 0.29) is 5.63 Å². The van der Waals surface area contributed by atoms with Crippen molar-refractivity contribution in [3.05, 3.63) is 119 Å². The molecule has 0 aliphatic heterocycles. The van der Waals surface area contributed by atoms with Gasteiger partial charge in [0, 0.05) is 16.5 Å². The smallest absolute Gasteiger partial charge is 0.344 e. The van der Waals surface area contributed by atoms with Gasteiger partial charge in [-0.25, -0.2) is 4.79 Å². The minimum atomic E-state index is -0.337. The van der Waals surface area contributed by atoms with Crippen LogP contribution in [0.4, 0.5) is 0 Å². The molecule has 0 unspecified atom stereocenters. The minimum absolute atomic E-state index is 0.337. The molecule has 0 saturated heterocycles. The van der Waals surface area contributed by atoms with Crippen LogP contribution in [0, 0.1) is 11.8 Å². The molecule has 5 aromatic rings. The Bertz CT molecular complexity index is 1450. The van der Waals surface area contributed by atoms with Gasteiger partial charge < -0.3 is 4.42 Å². The third-order valence-corrected chi connectivity index (χ3v) is 4.96. The number of fused-ring (bicyclic) bond motifs is 3. The first kappa shape index (κ1) is 17.0. The largest absolute Gasteiger partial charge is 0.422 e. The maximum Gasteiger partial charge on any atom is 0.344 e. The molecule has 4 aromatic carbocycles. The van der Waals surface area contributed by atoms with E-state index in [1.807, 2.05) is 91.0 Å². The SMILES string of the molecule is O=c1oc2ccc3ccccc3c2cc1-c1ccc(C#Cc2ccccc2)cc1. The number of hydrogen-bond acceptors (Lipinski definition) is 2. The Kier molecular flexibility index (Phi) is 4.20. The first-order chi connectivity index (χ1) is 14.3. The highest BCUT2D eigenvalue weighted by molar-refractivity contribution is 6.06. The summed E-state index contributed by atoms with van der Waals surface area (Å²) in [5, 5.41) is 3.12. The van der Waals surface area contributed by atoms with Crippen LogP contribution in [0.2, 0.25) is 0 Å². The van der Waals surface area contributed by atoms with Gasteiger partial charge in [0.2, 0.25) is 0 Å². The molecule has 0 N–H and O–H groups in total. The normalized spacial score (nSPS) is 10.6. The van der Waals surface area contributed by atoms with E-state index in [1.54, 1.807) is 0 Å². The third kappa shape index (κ3) is 3.31. The van der Waals surface area contributed by atoms with Crippen molar-refractivity contribution >= 4 is 21.7 Å². The Labute approximate surface area is 168 Å². The second-order valence-electron chi connectivity index (χ2n) is 6.84. The zero-order valence-corrected chi connectivity index (χ0v) is 15.6. The zero-order chi connectivity index (χ0) is 19.6. The van der Waals surface area contributed by atoms with E-state index in [4.69, 9.17) is 4.42 Å². The maximum absolute atomic E-state index is 12.6. The molecule has 1 heterocycles. The van der Waals surface area contributed by atoms with Gasteiger partial charge in [-0.15, -0.1) is 0 Å². The molecule has 2 heteroatoms. The highest BCUT2D eigenvalue weighted by Crippen LogP contribution is 2.28. The van der Waals surface area contributed by atoms with Crippen molar-refractivity contribution in [2.24, 2.45) is 0 Å². The highest BCUT2D eigenvalue weighted by Gasteiger charge is 2.10. The van der Waals surface area contributed by atoms with E-state index in [1.165, 1.54) is 0 Å². The molecule has 0 amide bonds. The molecule has 0 bridgehead atoms. The van der Waals surface area contributed by atoms with Gasteiger partial charge >= 0.3 is 5.63 Å². The topological polar surface area (TPSA) is 30.2 Å². The average molecular weight is 372 g/mol. The van der Waals surface area contributed by atoms with Crippen LogP contribution >= 0.6 is 0 Å². The van der Waals surface area contributed by atoms with Crippen LogP contribution in [0.25, 0.3) is 32.9 Å². The predicted molar refractivity (Wildman–Crippen MR) is 118 cm³/mol. The summed E-state index contributed by atoms with van der Waals surface area (Å²) in [4.78, 5) is 12.6. The van der Waals surface area contributed by atoms with Crippen LogP contribution in [0.1, 0.15) is 11.1 Å². The summed E-state index contributed by atoms with van der Waals surface area (Å²) in [6, 6.07) is 31.4. The minimum Gasteiger partial charge on any atom is -0.422 e. The molecule has 0 saturated carbocycles. The van der Waals surface area contributed by atoms with Crippen molar-refractivity contribution in [2.75, 3.05) is 0 Å².